The van der Waals surface area contributed by atoms with E-state index in [0.717, 1.165) is 25.1 Å². The number of benzene rings is 1. The molecule has 1 fully saturated rings. The van der Waals surface area contributed by atoms with Crippen molar-refractivity contribution in [3.8, 4) is 0 Å². The third-order valence-corrected chi connectivity index (χ3v) is 5.67. The second kappa shape index (κ2) is 8.30. The highest BCUT2D eigenvalue weighted by Crippen LogP contribution is 2.34. The van der Waals surface area contributed by atoms with Crippen LogP contribution in [0, 0.1) is 0 Å². The smallest absolute Gasteiger partial charge is 0.238 e. The van der Waals surface area contributed by atoms with Crippen molar-refractivity contribution in [3.63, 3.8) is 0 Å². The molecule has 1 N–H and O–H groups in total. The van der Waals surface area contributed by atoms with Gasteiger partial charge in [0.05, 0.1) is 12.6 Å². The molecular weight excluding hydrogens is 334 g/mol. The number of anilines is 1. The van der Waals surface area contributed by atoms with E-state index in [2.05, 4.69) is 86.1 Å². The van der Waals surface area contributed by atoms with Crippen LogP contribution in [0.25, 0.3) is 0 Å². The first kappa shape index (κ1) is 19.7. The standard InChI is InChI=1S/C23H33N3O/c1-16(2)18-9-6-10-19(17(3)4)23(18)24-22(27)15-26-14-8-12-21(26)20-11-7-13-25(20)5/h6-7,9-11,13,16-17,21H,8,12,14-15H2,1-5H3,(H,24,27)/t21-/m1/s1. The normalized spacial score (nSPS) is 17.8. The lowest BCUT2D eigenvalue weighted by Gasteiger charge is -2.26. The molecule has 0 bridgehead atoms. The summed E-state index contributed by atoms with van der Waals surface area (Å²) in [4.78, 5) is 15.3. The summed E-state index contributed by atoms with van der Waals surface area (Å²) in [5.74, 6) is 0.843. The molecule has 4 nitrogen and oxygen atoms in total. The van der Waals surface area contributed by atoms with Crippen molar-refractivity contribution < 1.29 is 4.79 Å². The van der Waals surface area contributed by atoms with Crippen molar-refractivity contribution >= 4 is 11.6 Å². The molecule has 3 rings (SSSR count). The minimum Gasteiger partial charge on any atom is -0.353 e. The Bertz CT molecular complexity index is 764. The van der Waals surface area contributed by atoms with Crippen LogP contribution in [0.1, 0.15) is 75.2 Å². The Morgan fingerprint density at radius 1 is 1.11 bits per heavy atom. The van der Waals surface area contributed by atoms with Crippen molar-refractivity contribution in [3.05, 3.63) is 53.3 Å². The lowest BCUT2D eigenvalue weighted by Crippen LogP contribution is -2.34. The second-order valence-corrected chi connectivity index (χ2v) is 8.34. The molecule has 1 aromatic heterocycles. The Labute approximate surface area is 163 Å². The number of carbonyl (C=O) groups excluding carboxylic acids is 1. The molecule has 146 valence electrons. The number of carbonyl (C=O) groups is 1. The lowest BCUT2D eigenvalue weighted by atomic mass is 9.92. The van der Waals surface area contributed by atoms with Crippen LogP contribution in [0.15, 0.2) is 36.5 Å². The van der Waals surface area contributed by atoms with Crippen LogP contribution in [-0.2, 0) is 11.8 Å². The minimum absolute atomic E-state index is 0.0890. The number of nitrogens with one attached hydrogen (secondary N) is 1. The number of hydrogen-bond donors (Lipinski definition) is 1. The zero-order valence-electron chi connectivity index (χ0n) is 17.3. The van der Waals surface area contributed by atoms with Crippen LogP contribution in [0.3, 0.4) is 0 Å². The number of aromatic nitrogens is 1. The number of likely N-dealkylation sites (tertiary alicyclic amines) is 1. The average molecular weight is 368 g/mol. The molecule has 2 heterocycles. The van der Waals surface area contributed by atoms with E-state index in [-0.39, 0.29) is 5.91 Å². The van der Waals surface area contributed by atoms with Crippen LogP contribution in [0.4, 0.5) is 5.69 Å². The maximum Gasteiger partial charge on any atom is 0.238 e. The predicted molar refractivity (Wildman–Crippen MR) is 112 cm³/mol. The van der Waals surface area contributed by atoms with Crippen LogP contribution in [0.2, 0.25) is 0 Å². The fraction of sp³-hybridized carbons (Fsp3) is 0.522. The van der Waals surface area contributed by atoms with E-state index >= 15 is 0 Å². The second-order valence-electron chi connectivity index (χ2n) is 8.34. The van der Waals surface area contributed by atoms with Gasteiger partial charge in [0.15, 0.2) is 0 Å². The molecular formula is C23H33N3O. The van der Waals surface area contributed by atoms with E-state index in [0.29, 0.717) is 24.4 Å². The molecule has 4 heteroatoms. The average Bonchev–Trinajstić information content (AvgIpc) is 3.22. The Morgan fingerprint density at radius 2 is 1.78 bits per heavy atom. The summed E-state index contributed by atoms with van der Waals surface area (Å²) in [6, 6.07) is 11.0. The van der Waals surface area contributed by atoms with Crippen LogP contribution >= 0.6 is 0 Å². The number of nitrogens with zero attached hydrogens (tertiary/aromatic N) is 2. The molecule has 1 aromatic carbocycles. The van der Waals surface area contributed by atoms with E-state index in [9.17, 15) is 4.79 Å². The van der Waals surface area contributed by atoms with Crippen LogP contribution in [-0.4, -0.2) is 28.5 Å². The van der Waals surface area contributed by atoms with Crippen molar-refractivity contribution in [1.82, 2.24) is 9.47 Å². The number of rotatable bonds is 6. The third kappa shape index (κ3) is 4.27. The Hall–Kier alpha value is -2.07. The summed E-state index contributed by atoms with van der Waals surface area (Å²) in [6.07, 6.45) is 4.34. The topological polar surface area (TPSA) is 37.3 Å². The van der Waals surface area contributed by atoms with Gasteiger partial charge in [-0.2, -0.15) is 0 Å². The molecule has 0 saturated carbocycles. The summed E-state index contributed by atoms with van der Waals surface area (Å²) in [6.45, 7) is 10.1. The van der Waals surface area contributed by atoms with Gasteiger partial charge in [-0.15, -0.1) is 0 Å². The van der Waals surface area contributed by atoms with Gasteiger partial charge < -0.3 is 9.88 Å². The molecule has 0 unspecified atom stereocenters. The molecule has 27 heavy (non-hydrogen) atoms. The zero-order valence-corrected chi connectivity index (χ0v) is 17.3. The van der Waals surface area contributed by atoms with Gasteiger partial charge in [0, 0.05) is 24.6 Å². The molecule has 1 aliphatic heterocycles. The maximum absolute atomic E-state index is 13.0. The fourth-order valence-corrected chi connectivity index (χ4v) is 4.23. The van der Waals surface area contributed by atoms with Crippen molar-refractivity contribution in [2.45, 2.75) is 58.4 Å². The highest BCUT2D eigenvalue weighted by atomic mass is 16.2. The lowest BCUT2D eigenvalue weighted by molar-refractivity contribution is -0.117. The van der Waals surface area contributed by atoms with Gasteiger partial charge in [-0.25, -0.2) is 0 Å². The number of aryl methyl sites for hydroxylation is 1. The molecule has 1 amide bonds. The maximum atomic E-state index is 13.0. The predicted octanol–water partition coefficient (Wildman–Crippen LogP) is 5.05. The summed E-state index contributed by atoms with van der Waals surface area (Å²) < 4.78 is 2.17. The number of amides is 1. The zero-order chi connectivity index (χ0) is 19.6. The molecule has 1 saturated heterocycles. The van der Waals surface area contributed by atoms with Crippen LogP contribution in [0.5, 0.6) is 0 Å². The number of para-hydroxylation sites is 1. The van der Waals surface area contributed by atoms with E-state index in [1.54, 1.807) is 0 Å². The van der Waals surface area contributed by atoms with Gasteiger partial charge >= 0.3 is 0 Å². The fourth-order valence-electron chi connectivity index (χ4n) is 4.23. The first-order valence-electron chi connectivity index (χ1n) is 10.2. The minimum atomic E-state index is 0.0890. The molecule has 0 spiro atoms. The van der Waals surface area contributed by atoms with E-state index in [1.807, 2.05) is 0 Å². The quantitative estimate of drug-likeness (QED) is 0.776. The van der Waals surface area contributed by atoms with Gasteiger partial charge in [0.2, 0.25) is 5.91 Å². The SMILES string of the molecule is CC(C)c1cccc(C(C)C)c1NC(=O)CN1CCC[C@@H]1c1cccn1C. The van der Waals surface area contributed by atoms with Gasteiger partial charge in [-0.05, 0) is 54.5 Å². The summed E-state index contributed by atoms with van der Waals surface area (Å²) in [5, 5.41) is 3.26. The highest BCUT2D eigenvalue weighted by molar-refractivity contribution is 5.94. The van der Waals surface area contributed by atoms with Crippen molar-refractivity contribution in [2.24, 2.45) is 7.05 Å². The van der Waals surface area contributed by atoms with Gasteiger partial charge in [-0.3, -0.25) is 9.69 Å². The summed E-state index contributed by atoms with van der Waals surface area (Å²) in [5.41, 5.74) is 4.75. The first-order chi connectivity index (χ1) is 12.9. The Kier molecular flexibility index (Phi) is 6.05. The van der Waals surface area contributed by atoms with Crippen LogP contribution < -0.4 is 5.32 Å². The molecule has 0 aliphatic carbocycles. The largest absolute Gasteiger partial charge is 0.353 e. The Morgan fingerprint density at radius 3 is 2.33 bits per heavy atom. The molecule has 1 atom stereocenters. The first-order valence-corrected chi connectivity index (χ1v) is 10.2. The van der Waals surface area contributed by atoms with Gasteiger partial charge in [0.25, 0.3) is 0 Å². The Balaban J connectivity index is 1.77. The monoisotopic (exact) mass is 367 g/mol. The van der Waals surface area contributed by atoms with E-state index in [4.69, 9.17) is 0 Å². The van der Waals surface area contributed by atoms with E-state index < -0.39 is 0 Å². The molecule has 0 radical (unpaired) electrons. The summed E-state index contributed by atoms with van der Waals surface area (Å²) >= 11 is 0. The molecule has 1 aliphatic rings. The molecule has 2 aromatic rings. The van der Waals surface area contributed by atoms with Gasteiger partial charge in [0.1, 0.15) is 0 Å². The van der Waals surface area contributed by atoms with E-state index in [1.165, 1.54) is 16.8 Å². The van der Waals surface area contributed by atoms with Crippen molar-refractivity contribution in [2.75, 3.05) is 18.4 Å². The third-order valence-electron chi connectivity index (χ3n) is 5.67. The van der Waals surface area contributed by atoms with Gasteiger partial charge in [-0.1, -0.05) is 45.9 Å². The highest BCUT2D eigenvalue weighted by Gasteiger charge is 2.29. The van der Waals surface area contributed by atoms with Crippen molar-refractivity contribution in [1.29, 1.82) is 0 Å². The summed E-state index contributed by atoms with van der Waals surface area (Å²) in [7, 11) is 2.08. The number of hydrogen-bond acceptors (Lipinski definition) is 2.